The van der Waals surface area contributed by atoms with Crippen molar-refractivity contribution in [3.63, 3.8) is 0 Å². The van der Waals surface area contributed by atoms with Crippen molar-refractivity contribution in [2.75, 3.05) is 0 Å². The Morgan fingerprint density at radius 1 is 0.370 bits per heavy atom. The fraction of sp³-hybridized carbons (Fsp3) is 0. The first-order valence-electron chi connectivity index (χ1n) is 15.3. The van der Waals surface area contributed by atoms with E-state index >= 15 is 0 Å². The molecule has 0 fully saturated rings. The van der Waals surface area contributed by atoms with Gasteiger partial charge < -0.3 is 8.83 Å². The van der Waals surface area contributed by atoms with Gasteiger partial charge in [-0.05, 0) is 99.1 Å². The van der Waals surface area contributed by atoms with Gasteiger partial charge in [0.25, 0.3) is 0 Å². The first-order chi connectivity index (χ1) is 22.7. The highest BCUT2D eigenvalue weighted by atomic mass is 16.3. The van der Waals surface area contributed by atoms with E-state index in [4.69, 9.17) is 8.83 Å². The zero-order chi connectivity index (χ0) is 30.6. The molecule has 0 N–H and O–H groups in total. The molecule has 0 aliphatic heterocycles. The van der Waals surface area contributed by atoms with E-state index in [9.17, 15) is 5.26 Å². The van der Waals surface area contributed by atoms with E-state index in [1.165, 1.54) is 0 Å². The molecule has 0 amide bonds. The summed E-state index contributed by atoms with van der Waals surface area (Å²) in [5, 5.41) is 14.5. The van der Waals surface area contributed by atoms with Crippen LogP contribution in [0.5, 0.6) is 0 Å². The van der Waals surface area contributed by atoms with E-state index < -0.39 is 0 Å². The minimum atomic E-state index is 0.612. The van der Waals surface area contributed by atoms with Gasteiger partial charge in [0.2, 0.25) is 0 Å². The molecule has 9 rings (SSSR count). The maximum absolute atomic E-state index is 10.2. The van der Waals surface area contributed by atoms with Crippen molar-refractivity contribution in [3.8, 4) is 50.6 Å². The molecule has 3 nitrogen and oxygen atoms in total. The molecule has 0 saturated carbocycles. The predicted molar refractivity (Wildman–Crippen MR) is 187 cm³/mol. The molecule has 0 radical (unpaired) electrons. The van der Waals surface area contributed by atoms with Crippen LogP contribution in [0.25, 0.3) is 88.4 Å². The molecule has 214 valence electrons. The van der Waals surface area contributed by atoms with Crippen LogP contribution < -0.4 is 0 Å². The summed E-state index contributed by atoms with van der Waals surface area (Å²) in [5.74, 6) is 0. The van der Waals surface area contributed by atoms with Crippen LogP contribution in [0, 0.1) is 11.3 Å². The van der Waals surface area contributed by atoms with Gasteiger partial charge in [0, 0.05) is 21.5 Å². The molecule has 0 aliphatic rings. The van der Waals surface area contributed by atoms with Gasteiger partial charge in [-0.2, -0.15) is 5.26 Å². The molecule has 7 aromatic carbocycles. The monoisotopic (exact) mass is 587 g/mol. The molecule has 0 aliphatic carbocycles. The number of nitrogens with zero attached hydrogens (tertiary/aromatic N) is 1. The maximum Gasteiger partial charge on any atom is 0.136 e. The highest BCUT2D eigenvalue weighted by Gasteiger charge is 2.19. The third kappa shape index (κ3) is 4.20. The third-order valence-electron chi connectivity index (χ3n) is 8.90. The summed E-state index contributed by atoms with van der Waals surface area (Å²) in [6, 6.07) is 54.4. The van der Waals surface area contributed by atoms with Gasteiger partial charge in [-0.3, -0.25) is 0 Å². The molecule has 2 heterocycles. The number of rotatable bonds is 4. The summed E-state index contributed by atoms with van der Waals surface area (Å²) in [4.78, 5) is 0. The van der Waals surface area contributed by atoms with Crippen molar-refractivity contribution in [2.45, 2.75) is 0 Å². The molecule has 46 heavy (non-hydrogen) atoms. The van der Waals surface area contributed by atoms with E-state index in [-0.39, 0.29) is 0 Å². The van der Waals surface area contributed by atoms with Crippen molar-refractivity contribution < 1.29 is 8.83 Å². The number of benzene rings is 7. The Bertz CT molecular complexity index is 2650. The van der Waals surface area contributed by atoms with E-state index in [0.717, 1.165) is 88.4 Å². The van der Waals surface area contributed by atoms with Crippen molar-refractivity contribution in [3.05, 3.63) is 157 Å². The van der Waals surface area contributed by atoms with Crippen LogP contribution in [0.15, 0.2) is 160 Å². The molecule has 0 bridgehead atoms. The first kappa shape index (κ1) is 26.1. The van der Waals surface area contributed by atoms with Gasteiger partial charge in [-0.15, -0.1) is 0 Å². The first-order valence-corrected chi connectivity index (χ1v) is 15.3. The lowest BCUT2D eigenvalue weighted by Crippen LogP contribution is -1.93. The van der Waals surface area contributed by atoms with Crippen LogP contribution in [0.2, 0.25) is 0 Å². The number of nitriles is 1. The predicted octanol–water partition coefficient (Wildman–Crippen LogP) is 12.0. The third-order valence-corrected chi connectivity index (χ3v) is 8.90. The van der Waals surface area contributed by atoms with Crippen molar-refractivity contribution in [1.82, 2.24) is 0 Å². The molecule has 0 saturated heterocycles. The molecular weight excluding hydrogens is 562 g/mol. The lowest BCUT2D eigenvalue weighted by atomic mass is 9.85. The second-order valence-electron chi connectivity index (χ2n) is 11.6. The number of fused-ring (bicyclic) bond motifs is 6. The van der Waals surface area contributed by atoms with Crippen molar-refractivity contribution in [2.24, 2.45) is 0 Å². The SMILES string of the molecule is N#Cc1cc(-c2ccccc2)cc(-c2c(-c3ccc4c(c3)oc3ccccc34)cccc2-c2ccc3oc4ccccc4c3c2)c1. The summed E-state index contributed by atoms with van der Waals surface area (Å²) in [6.45, 7) is 0. The van der Waals surface area contributed by atoms with Gasteiger partial charge in [0.15, 0.2) is 0 Å². The van der Waals surface area contributed by atoms with Crippen molar-refractivity contribution >= 4 is 43.9 Å². The van der Waals surface area contributed by atoms with Crippen LogP contribution >= 0.6 is 0 Å². The molecule has 2 aromatic heterocycles. The average Bonchev–Trinajstić information content (AvgIpc) is 3.69. The minimum Gasteiger partial charge on any atom is -0.456 e. The quantitative estimate of drug-likeness (QED) is 0.206. The fourth-order valence-corrected chi connectivity index (χ4v) is 6.77. The Labute approximate surface area is 265 Å². The lowest BCUT2D eigenvalue weighted by molar-refractivity contribution is 0.668. The van der Waals surface area contributed by atoms with Crippen molar-refractivity contribution in [1.29, 1.82) is 5.26 Å². The topological polar surface area (TPSA) is 50.1 Å². The van der Waals surface area contributed by atoms with Crippen LogP contribution in [0.3, 0.4) is 0 Å². The maximum atomic E-state index is 10.2. The summed E-state index contributed by atoms with van der Waals surface area (Å²) >= 11 is 0. The smallest absolute Gasteiger partial charge is 0.136 e. The number of para-hydroxylation sites is 2. The summed E-state index contributed by atoms with van der Waals surface area (Å²) in [6.07, 6.45) is 0. The molecule has 9 aromatic rings. The van der Waals surface area contributed by atoms with E-state index in [1.54, 1.807) is 0 Å². The van der Waals surface area contributed by atoms with Gasteiger partial charge in [0.1, 0.15) is 22.3 Å². The molecule has 0 unspecified atom stereocenters. The second kappa shape index (κ2) is 10.4. The molecule has 0 atom stereocenters. The van der Waals surface area contributed by atoms with Crippen LogP contribution in [-0.2, 0) is 0 Å². The zero-order valence-electron chi connectivity index (χ0n) is 24.7. The van der Waals surface area contributed by atoms with Gasteiger partial charge in [-0.1, -0.05) is 97.1 Å². The zero-order valence-corrected chi connectivity index (χ0v) is 24.7. The van der Waals surface area contributed by atoms with E-state index in [1.807, 2.05) is 66.7 Å². The standard InChI is InChI=1S/C43H25NO2/c44-26-27-21-31(28-9-2-1-3-10-28)23-32(22-27)43-33(29-18-20-41-38(24-29)36-12-5-7-16-40(36)45-41)13-8-14-34(43)30-17-19-37-35-11-4-6-15-39(35)46-42(37)25-30/h1-25H. The van der Waals surface area contributed by atoms with Crippen LogP contribution in [-0.4, -0.2) is 0 Å². The normalized spacial score (nSPS) is 11.5. The largest absolute Gasteiger partial charge is 0.456 e. The number of hydrogen-bond donors (Lipinski definition) is 0. The molecule has 3 heteroatoms. The number of furan rings is 2. The van der Waals surface area contributed by atoms with Gasteiger partial charge in [-0.25, -0.2) is 0 Å². The Morgan fingerprint density at radius 2 is 0.957 bits per heavy atom. The summed E-state index contributed by atoms with van der Waals surface area (Å²) in [7, 11) is 0. The Kier molecular flexibility index (Phi) is 5.88. The minimum absolute atomic E-state index is 0.612. The molecular formula is C43H25NO2. The number of hydrogen-bond acceptors (Lipinski definition) is 3. The lowest BCUT2D eigenvalue weighted by Gasteiger charge is -2.18. The molecule has 0 spiro atoms. The Morgan fingerprint density at radius 3 is 1.72 bits per heavy atom. The Hall–Kier alpha value is -6.37. The van der Waals surface area contributed by atoms with Gasteiger partial charge >= 0.3 is 0 Å². The fourth-order valence-electron chi connectivity index (χ4n) is 6.77. The van der Waals surface area contributed by atoms with E-state index in [0.29, 0.717) is 5.56 Å². The van der Waals surface area contributed by atoms with Crippen LogP contribution in [0.4, 0.5) is 0 Å². The summed E-state index contributed by atoms with van der Waals surface area (Å²) < 4.78 is 12.5. The van der Waals surface area contributed by atoms with E-state index in [2.05, 4.69) is 91.0 Å². The summed E-state index contributed by atoms with van der Waals surface area (Å²) in [5.41, 5.74) is 12.4. The average molecular weight is 588 g/mol. The highest BCUT2D eigenvalue weighted by molar-refractivity contribution is 6.09. The Balaban J connectivity index is 1.33. The van der Waals surface area contributed by atoms with Crippen LogP contribution in [0.1, 0.15) is 5.56 Å². The highest BCUT2D eigenvalue weighted by Crippen LogP contribution is 2.44. The second-order valence-corrected chi connectivity index (χ2v) is 11.6. The van der Waals surface area contributed by atoms with Gasteiger partial charge in [0.05, 0.1) is 11.6 Å².